The van der Waals surface area contributed by atoms with Crippen molar-refractivity contribution in [1.82, 2.24) is 9.78 Å². The summed E-state index contributed by atoms with van der Waals surface area (Å²) in [6.45, 7) is 3.99. The van der Waals surface area contributed by atoms with Crippen LogP contribution >= 0.6 is 0 Å². The van der Waals surface area contributed by atoms with E-state index >= 15 is 0 Å². The highest BCUT2D eigenvalue weighted by atomic mass is 19.1. The van der Waals surface area contributed by atoms with Crippen LogP contribution < -0.4 is 0 Å². The smallest absolute Gasteiger partial charge is 0.124 e. The van der Waals surface area contributed by atoms with Gasteiger partial charge >= 0.3 is 0 Å². The molecule has 4 nitrogen and oxygen atoms in total. The fourth-order valence-corrected chi connectivity index (χ4v) is 2.10. The fourth-order valence-electron chi connectivity index (χ4n) is 2.10. The molecule has 0 aliphatic rings. The molecule has 19 heavy (non-hydrogen) atoms. The lowest BCUT2D eigenvalue weighted by Gasteiger charge is -2.06. The third-order valence-corrected chi connectivity index (χ3v) is 3.11. The van der Waals surface area contributed by atoms with Crippen molar-refractivity contribution >= 4 is 0 Å². The van der Waals surface area contributed by atoms with Gasteiger partial charge in [0.15, 0.2) is 0 Å². The first-order valence-corrected chi connectivity index (χ1v) is 5.88. The number of aliphatic hydroxyl groups excluding tert-OH is 1. The first-order chi connectivity index (χ1) is 9.05. The van der Waals surface area contributed by atoms with E-state index in [4.69, 9.17) is 5.26 Å². The van der Waals surface area contributed by atoms with Crippen LogP contribution in [0.3, 0.4) is 0 Å². The highest BCUT2D eigenvalue weighted by Crippen LogP contribution is 2.16. The lowest BCUT2D eigenvalue weighted by Crippen LogP contribution is -2.05. The highest BCUT2D eigenvalue weighted by molar-refractivity contribution is 5.34. The average molecular weight is 259 g/mol. The van der Waals surface area contributed by atoms with Crippen molar-refractivity contribution in [2.24, 2.45) is 0 Å². The lowest BCUT2D eigenvalue weighted by molar-refractivity contribution is 0.280. The standard InChI is InChI=1S/C14H14FN3O/c1-9-14(8-19)10(2)18(17-9)7-12-3-11(6-16)4-13(15)5-12/h3-5,19H,7-8H2,1-2H3. The van der Waals surface area contributed by atoms with Crippen LogP contribution in [0.15, 0.2) is 18.2 Å². The van der Waals surface area contributed by atoms with E-state index in [1.807, 2.05) is 19.9 Å². The Morgan fingerprint density at radius 2 is 2.11 bits per heavy atom. The summed E-state index contributed by atoms with van der Waals surface area (Å²) in [5.74, 6) is -0.432. The minimum Gasteiger partial charge on any atom is -0.392 e. The van der Waals surface area contributed by atoms with Crippen molar-refractivity contribution < 1.29 is 9.50 Å². The summed E-state index contributed by atoms with van der Waals surface area (Å²) in [7, 11) is 0. The Hall–Kier alpha value is -2.19. The van der Waals surface area contributed by atoms with Gasteiger partial charge in [-0.3, -0.25) is 4.68 Å². The Morgan fingerprint density at radius 1 is 1.37 bits per heavy atom. The zero-order chi connectivity index (χ0) is 14.0. The van der Waals surface area contributed by atoms with Gasteiger partial charge in [0.25, 0.3) is 0 Å². The largest absolute Gasteiger partial charge is 0.392 e. The number of hydrogen-bond acceptors (Lipinski definition) is 3. The SMILES string of the molecule is Cc1nn(Cc2cc(F)cc(C#N)c2)c(C)c1CO. The molecule has 1 heterocycles. The van der Waals surface area contributed by atoms with Gasteiger partial charge in [0.05, 0.1) is 30.5 Å². The lowest BCUT2D eigenvalue weighted by atomic mass is 10.1. The van der Waals surface area contributed by atoms with E-state index in [2.05, 4.69) is 5.10 Å². The van der Waals surface area contributed by atoms with Crippen LogP contribution in [-0.2, 0) is 13.2 Å². The van der Waals surface area contributed by atoms with Crippen LogP contribution in [0.4, 0.5) is 4.39 Å². The molecule has 5 heteroatoms. The predicted octanol–water partition coefficient (Wildman–Crippen LogP) is 2.05. The van der Waals surface area contributed by atoms with Crippen LogP contribution in [0.2, 0.25) is 0 Å². The molecule has 0 aliphatic heterocycles. The van der Waals surface area contributed by atoms with Gasteiger partial charge in [-0.15, -0.1) is 0 Å². The molecular formula is C14H14FN3O. The van der Waals surface area contributed by atoms with Gasteiger partial charge in [0.1, 0.15) is 5.82 Å². The number of aryl methyl sites for hydroxylation is 1. The van der Waals surface area contributed by atoms with Crippen molar-refractivity contribution in [3.63, 3.8) is 0 Å². The second kappa shape index (κ2) is 5.21. The van der Waals surface area contributed by atoms with E-state index in [0.717, 1.165) is 17.0 Å². The van der Waals surface area contributed by atoms with Crippen molar-refractivity contribution in [1.29, 1.82) is 5.26 Å². The second-order valence-electron chi connectivity index (χ2n) is 4.43. The summed E-state index contributed by atoms with van der Waals surface area (Å²) in [5, 5.41) is 22.4. The Bertz CT molecular complexity index is 655. The quantitative estimate of drug-likeness (QED) is 0.917. The predicted molar refractivity (Wildman–Crippen MR) is 67.8 cm³/mol. The van der Waals surface area contributed by atoms with Crippen LogP contribution in [-0.4, -0.2) is 14.9 Å². The Morgan fingerprint density at radius 3 is 2.68 bits per heavy atom. The number of nitrogens with zero attached hydrogens (tertiary/aromatic N) is 3. The maximum absolute atomic E-state index is 13.3. The molecule has 2 rings (SSSR count). The molecule has 2 aromatic rings. The summed E-state index contributed by atoms with van der Waals surface area (Å²) < 4.78 is 15.1. The molecule has 0 radical (unpaired) electrons. The molecule has 0 saturated carbocycles. The number of halogens is 1. The number of benzene rings is 1. The van der Waals surface area contributed by atoms with Gasteiger partial charge in [-0.1, -0.05) is 0 Å². The molecule has 1 N–H and O–H groups in total. The summed E-state index contributed by atoms with van der Waals surface area (Å²) in [4.78, 5) is 0. The van der Waals surface area contributed by atoms with Gasteiger partial charge < -0.3 is 5.11 Å². The minimum atomic E-state index is -0.432. The van der Waals surface area contributed by atoms with E-state index in [-0.39, 0.29) is 6.61 Å². The monoisotopic (exact) mass is 259 g/mol. The van der Waals surface area contributed by atoms with Crippen LogP contribution in [0.25, 0.3) is 0 Å². The van der Waals surface area contributed by atoms with Crippen molar-refractivity contribution in [3.8, 4) is 6.07 Å². The van der Waals surface area contributed by atoms with Crippen LogP contribution in [0.5, 0.6) is 0 Å². The van der Waals surface area contributed by atoms with Crippen molar-refractivity contribution in [3.05, 3.63) is 52.1 Å². The number of aromatic nitrogens is 2. The van der Waals surface area contributed by atoms with Gasteiger partial charge in [-0.2, -0.15) is 10.4 Å². The molecule has 0 saturated heterocycles. The number of hydrogen-bond donors (Lipinski definition) is 1. The molecule has 0 aliphatic carbocycles. The fraction of sp³-hybridized carbons (Fsp3) is 0.286. The normalized spacial score (nSPS) is 10.5. The Labute approximate surface area is 110 Å². The summed E-state index contributed by atoms with van der Waals surface area (Å²) in [6.07, 6.45) is 0. The number of nitriles is 1. The third kappa shape index (κ3) is 2.64. The zero-order valence-corrected chi connectivity index (χ0v) is 10.8. The van der Waals surface area contributed by atoms with E-state index in [1.165, 1.54) is 12.1 Å². The molecule has 0 spiro atoms. The molecule has 0 amide bonds. The van der Waals surface area contributed by atoms with E-state index < -0.39 is 5.82 Å². The Balaban J connectivity index is 2.37. The topological polar surface area (TPSA) is 61.8 Å². The van der Waals surface area contributed by atoms with Crippen LogP contribution in [0, 0.1) is 31.0 Å². The van der Waals surface area contributed by atoms with E-state index in [1.54, 1.807) is 10.7 Å². The van der Waals surface area contributed by atoms with Gasteiger partial charge in [-0.25, -0.2) is 4.39 Å². The van der Waals surface area contributed by atoms with Crippen molar-refractivity contribution in [2.75, 3.05) is 0 Å². The molecule has 0 bridgehead atoms. The second-order valence-corrected chi connectivity index (χ2v) is 4.43. The van der Waals surface area contributed by atoms with Crippen LogP contribution in [0.1, 0.15) is 28.1 Å². The molecule has 0 unspecified atom stereocenters. The summed E-state index contributed by atoms with van der Waals surface area (Å²) in [5.41, 5.74) is 3.36. The number of aliphatic hydroxyl groups is 1. The number of rotatable bonds is 3. The molecule has 1 aromatic heterocycles. The summed E-state index contributed by atoms with van der Waals surface area (Å²) >= 11 is 0. The molecule has 1 aromatic carbocycles. The summed E-state index contributed by atoms with van der Waals surface area (Å²) in [6, 6.07) is 6.15. The first kappa shape index (κ1) is 13.2. The van der Waals surface area contributed by atoms with Gasteiger partial charge in [0.2, 0.25) is 0 Å². The van der Waals surface area contributed by atoms with E-state index in [0.29, 0.717) is 17.7 Å². The third-order valence-electron chi connectivity index (χ3n) is 3.11. The average Bonchev–Trinajstić information content (AvgIpc) is 2.63. The van der Waals surface area contributed by atoms with Crippen molar-refractivity contribution in [2.45, 2.75) is 27.0 Å². The molecule has 0 fully saturated rings. The van der Waals surface area contributed by atoms with Gasteiger partial charge in [0, 0.05) is 11.3 Å². The maximum atomic E-state index is 13.3. The first-order valence-electron chi connectivity index (χ1n) is 5.88. The minimum absolute atomic E-state index is 0.0652. The van der Waals surface area contributed by atoms with Gasteiger partial charge in [-0.05, 0) is 37.6 Å². The highest BCUT2D eigenvalue weighted by Gasteiger charge is 2.11. The molecule has 0 atom stereocenters. The maximum Gasteiger partial charge on any atom is 0.124 e. The van der Waals surface area contributed by atoms with E-state index in [9.17, 15) is 9.50 Å². The Kier molecular flexibility index (Phi) is 3.63. The zero-order valence-electron chi connectivity index (χ0n) is 10.8. The molecule has 98 valence electrons. The molecular weight excluding hydrogens is 245 g/mol.